The van der Waals surface area contributed by atoms with E-state index in [1.807, 2.05) is 38.1 Å². The molecule has 0 saturated carbocycles. The van der Waals surface area contributed by atoms with E-state index in [0.29, 0.717) is 5.82 Å². The molecule has 0 radical (unpaired) electrons. The minimum absolute atomic E-state index is 0.694. The number of benzene rings is 1. The number of aromatic nitrogens is 2. The van der Waals surface area contributed by atoms with Crippen LogP contribution in [0, 0.1) is 13.8 Å². The van der Waals surface area contributed by atoms with E-state index in [0.717, 1.165) is 21.8 Å². The molecule has 15 heavy (non-hydrogen) atoms. The van der Waals surface area contributed by atoms with Crippen LogP contribution in [0.5, 0.6) is 0 Å². The Bertz CT molecular complexity index is 485. The molecule has 0 fully saturated rings. The van der Waals surface area contributed by atoms with Crippen LogP contribution in [0.25, 0.3) is 5.69 Å². The van der Waals surface area contributed by atoms with E-state index >= 15 is 0 Å². The second-order valence-corrected chi connectivity index (χ2v) is 4.04. The number of aryl methyl sites for hydroxylation is 1. The van der Waals surface area contributed by atoms with Gasteiger partial charge in [-0.05, 0) is 38.1 Å². The molecule has 0 bridgehead atoms. The molecule has 1 heterocycles. The van der Waals surface area contributed by atoms with Gasteiger partial charge >= 0.3 is 0 Å². The highest BCUT2D eigenvalue weighted by molar-refractivity contribution is 7.80. The summed E-state index contributed by atoms with van der Waals surface area (Å²) in [6.45, 7) is 3.93. The van der Waals surface area contributed by atoms with Crippen molar-refractivity contribution in [2.45, 2.75) is 18.7 Å². The maximum atomic E-state index is 5.95. The average Bonchev–Trinajstić information content (AvgIpc) is 2.47. The topological polar surface area (TPSA) is 43.8 Å². The summed E-state index contributed by atoms with van der Waals surface area (Å²) in [6.07, 6.45) is 0. The number of rotatable bonds is 1. The van der Waals surface area contributed by atoms with Crippen molar-refractivity contribution >= 4 is 18.4 Å². The van der Waals surface area contributed by atoms with Crippen LogP contribution in [0.3, 0.4) is 0 Å². The highest BCUT2D eigenvalue weighted by Crippen LogP contribution is 2.20. The summed E-state index contributed by atoms with van der Waals surface area (Å²) < 4.78 is 1.75. The van der Waals surface area contributed by atoms with E-state index in [1.165, 1.54) is 0 Å². The number of nitrogens with two attached hydrogens (primary N) is 1. The summed E-state index contributed by atoms with van der Waals surface area (Å²) in [6, 6.07) is 7.74. The van der Waals surface area contributed by atoms with Crippen LogP contribution in [0.15, 0.2) is 29.2 Å². The number of nitrogens with zero attached hydrogens (tertiary/aromatic N) is 2. The predicted octanol–water partition coefficient (Wildman–Crippen LogP) is 2.36. The fraction of sp³-hybridized carbons (Fsp3) is 0.182. The van der Waals surface area contributed by atoms with Crippen molar-refractivity contribution in [2.24, 2.45) is 0 Å². The zero-order valence-corrected chi connectivity index (χ0v) is 9.62. The fourth-order valence-electron chi connectivity index (χ4n) is 1.41. The monoisotopic (exact) mass is 219 g/mol. The van der Waals surface area contributed by atoms with Gasteiger partial charge in [0.05, 0.1) is 11.4 Å². The molecule has 1 aromatic heterocycles. The summed E-state index contributed by atoms with van der Waals surface area (Å²) in [7, 11) is 0. The molecule has 0 unspecified atom stereocenters. The van der Waals surface area contributed by atoms with Crippen molar-refractivity contribution in [2.75, 3.05) is 5.73 Å². The normalized spacial score (nSPS) is 10.6. The highest BCUT2D eigenvalue weighted by Gasteiger charge is 2.08. The number of anilines is 1. The zero-order valence-electron chi connectivity index (χ0n) is 8.73. The molecule has 3 nitrogen and oxygen atoms in total. The Balaban J connectivity index is 2.54. The molecular weight excluding hydrogens is 206 g/mol. The van der Waals surface area contributed by atoms with Gasteiger partial charge in [0.2, 0.25) is 0 Å². The lowest BCUT2D eigenvalue weighted by atomic mass is 10.3. The van der Waals surface area contributed by atoms with Crippen LogP contribution < -0.4 is 5.73 Å². The third kappa shape index (κ3) is 1.72. The third-order valence-corrected chi connectivity index (χ3v) is 2.80. The predicted molar refractivity (Wildman–Crippen MR) is 64.7 cm³/mol. The largest absolute Gasteiger partial charge is 0.383 e. The second-order valence-electron chi connectivity index (χ2n) is 3.52. The van der Waals surface area contributed by atoms with Crippen LogP contribution in [-0.4, -0.2) is 9.78 Å². The highest BCUT2D eigenvalue weighted by atomic mass is 32.1. The molecule has 2 N–H and O–H groups in total. The van der Waals surface area contributed by atoms with E-state index in [1.54, 1.807) is 4.68 Å². The maximum absolute atomic E-state index is 5.95. The lowest BCUT2D eigenvalue weighted by Gasteiger charge is -2.04. The number of thiol groups is 1. The number of hydrogen-bond acceptors (Lipinski definition) is 3. The van der Waals surface area contributed by atoms with Gasteiger partial charge < -0.3 is 5.73 Å². The van der Waals surface area contributed by atoms with Gasteiger partial charge in [0, 0.05) is 10.5 Å². The first-order valence-electron chi connectivity index (χ1n) is 4.70. The number of hydrogen-bond donors (Lipinski definition) is 2. The Kier molecular flexibility index (Phi) is 2.44. The second kappa shape index (κ2) is 3.62. The van der Waals surface area contributed by atoms with Crippen molar-refractivity contribution in [3.05, 3.63) is 35.5 Å². The van der Waals surface area contributed by atoms with Crippen LogP contribution in [0.2, 0.25) is 0 Å². The quantitative estimate of drug-likeness (QED) is 0.723. The fourth-order valence-corrected chi connectivity index (χ4v) is 1.56. The third-order valence-electron chi connectivity index (χ3n) is 2.50. The number of nitrogen functional groups attached to an aromatic ring is 1. The minimum Gasteiger partial charge on any atom is -0.383 e. The zero-order chi connectivity index (χ0) is 11.0. The molecule has 2 rings (SSSR count). The van der Waals surface area contributed by atoms with E-state index in [-0.39, 0.29) is 0 Å². The molecule has 4 heteroatoms. The van der Waals surface area contributed by atoms with E-state index in [4.69, 9.17) is 5.73 Å². The van der Waals surface area contributed by atoms with Gasteiger partial charge in [-0.2, -0.15) is 5.10 Å². The average molecular weight is 219 g/mol. The first-order chi connectivity index (χ1) is 7.09. The van der Waals surface area contributed by atoms with E-state index in [9.17, 15) is 0 Å². The van der Waals surface area contributed by atoms with Gasteiger partial charge in [0.15, 0.2) is 0 Å². The van der Waals surface area contributed by atoms with Gasteiger partial charge in [-0.3, -0.25) is 0 Å². The van der Waals surface area contributed by atoms with Gasteiger partial charge in [-0.1, -0.05) is 0 Å². The lowest BCUT2D eigenvalue weighted by Crippen LogP contribution is -2.01. The Morgan fingerprint density at radius 3 is 2.27 bits per heavy atom. The molecule has 1 aromatic carbocycles. The maximum Gasteiger partial charge on any atom is 0.130 e. The van der Waals surface area contributed by atoms with Gasteiger partial charge in [0.1, 0.15) is 5.82 Å². The van der Waals surface area contributed by atoms with Crippen LogP contribution in [0.4, 0.5) is 5.82 Å². The molecule has 0 aliphatic carbocycles. The van der Waals surface area contributed by atoms with Crippen LogP contribution >= 0.6 is 12.6 Å². The van der Waals surface area contributed by atoms with E-state index < -0.39 is 0 Å². The van der Waals surface area contributed by atoms with Crippen molar-refractivity contribution < 1.29 is 0 Å². The minimum atomic E-state index is 0.694. The summed E-state index contributed by atoms with van der Waals surface area (Å²) in [5.41, 5.74) is 8.91. The van der Waals surface area contributed by atoms with Gasteiger partial charge in [0.25, 0.3) is 0 Å². The Hall–Kier alpha value is -1.42. The SMILES string of the molecule is Cc1nn(-c2ccc(S)cc2)c(N)c1C. The Morgan fingerprint density at radius 1 is 1.20 bits per heavy atom. The van der Waals surface area contributed by atoms with Crippen molar-refractivity contribution in [1.29, 1.82) is 0 Å². The smallest absolute Gasteiger partial charge is 0.130 e. The molecule has 0 atom stereocenters. The summed E-state index contributed by atoms with van der Waals surface area (Å²) in [5, 5.41) is 4.38. The van der Waals surface area contributed by atoms with Crippen molar-refractivity contribution in [3.8, 4) is 5.69 Å². The Morgan fingerprint density at radius 2 is 1.80 bits per heavy atom. The molecule has 2 aromatic rings. The van der Waals surface area contributed by atoms with Crippen molar-refractivity contribution in [3.63, 3.8) is 0 Å². The lowest BCUT2D eigenvalue weighted by molar-refractivity contribution is 0.871. The first kappa shape index (κ1) is 10.1. The van der Waals surface area contributed by atoms with E-state index in [2.05, 4.69) is 17.7 Å². The molecule has 78 valence electrons. The molecule has 0 aliphatic rings. The van der Waals surface area contributed by atoms with Crippen molar-refractivity contribution in [1.82, 2.24) is 9.78 Å². The first-order valence-corrected chi connectivity index (χ1v) is 5.15. The summed E-state index contributed by atoms with van der Waals surface area (Å²) in [5.74, 6) is 0.694. The summed E-state index contributed by atoms with van der Waals surface area (Å²) >= 11 is 4.23. The Labute approximate surface area is 94.3 Å². The molecule has 0 aliphatic heterocycles. The van der Waals surface area contributed by atoms with Crippen LogP contribution in [-0.2, 0) is 0 Å². The standard InChI is InChI=1S/C11H13N3S/c1-7-8(2)13-14(11(7)12)9-3-5-10(15)6-4-9/h3-6,15H,12H2,1-2H3. The molecule has 0 spiro atoms. The molecule has 0 saturated heterocycles. The van der Waals surface area contributed by atoms with Crippen LogP contribution in [0.1, 0.15) is 11.3 Å². The molecule has 0 amide bonds. The summed E-state index contributed by atoms with van der Waals surface area (Å²) in [4.78, 5) is 0.929. The molecular formula is C11H13N3S. The van der Waals surface area contributed by atoms with Gasteiger partial charge in [-0.15, -0.1) is 12.6 Å². The van der Waals surface area contributed by atoms with Gasteiger partial charge in [-0.25, -0.2) is 4.68 Å².